The Morgan fingerprint density at radius 3 is 2.54 bits per heavy atom. The minimum Gasteiger partial charge on any atom is -0.490 e. The Morgan fingerprint density at radius 2 is 1.86 bits per heavy atom. The van der Waals surface area contributed by atoms with Gasteiger partial charge in [0.2, 0.25) is 10.0 Å². The molecule has 9 nitrogen and oxygen atoms in total. The van der Waals surface area contributed by atoms with Crippen LogP contribution < -0.4 is 4.74 Å². The van der Waals surface area contributed by atoms with Crippen LogP contribution in [0.15, 0.2) is 47.8 Å². The maximum absolute atomic E-state index is 12.1. The molecule has 0 aliphatic rings. The first-order valence-corrected chi connectivity index (χ1v) is 9.82. The van der Waals surface area contributed by atoms with Crippen molar-refractivity contribution in [1.29, 1.82) is 0 Å². The number of sulfonamides is 1. The van der Waals surface area contributed by atoms with Crippen molar-refractivity contribution in [3.63, 3.8) is 0 Å². The van der Waals surface area contributed by atoms with Gasteiger partial charge in [0, 0.05) is 27.3 Å². The van der Waals surface area contributed by atoms with Gasteiger partial charge < -0.3 is 14.0 Å². The molecule has 148 valence electrons. The van der Waals surface area contributed by atoms with Gasteiger partial charge in [-0.05, 0) is 30.3 Å². The fourth-order valence-corrected chi connectivity index (χ4v) is 3.33. The number of carbonyl (C=O) groups excluding carboxylic acids is 1. The van der Waals surface area contributed by atoms with Gasteiger partial charge in [-0.3, -0.25) is 0 Å². The number of hydrogen-bond donors (Lipinski definition) is 0. The lowest BCUT2D eigenvalue weighted by atomic mass is 10.3. The molecule has 0 saturated heterocycles. The summed E-state index contributed by atoms with van der Waals surface area (Å²) in [5, 5.41) is 0. The van der Waals surface area contributed by atoms with Crippen molar-refractivity contribution in [2.24, 2.45) is 7.05 Å². The molecule has 0 N–H and O–H groups in total. The number of nitrogens with zero attached hydrogens (tertiary/aromatic N) is 4. The largest absolute Gasteiger partial charge is 0.490 e. The number of aryl methyl sites for hydroxylation is 1. The highest BCUT2D eigenvalue weighted by Crippen LogP contribution is 2.18. The molecule has 0 fully saturated rings. The van der Waals surface area contributed by atoms with Crippen molar-refractivity contribution >= 4 is 27.2 Å². The zero-order chi connectivity index (χ0) is 20.3. The van der Waals surface area contributed by atoms with Gasteiger partial charge in [0.1, 0.15) is 24.5 Å². The van der Waals surface area contributed by atoms with Crippen LogP contribution in [0.2, 0.25) is 0 Å². The highest BCUT2D eigenvalue weighted by atomic mass is 32.2. The highest BCUT2D eigenvalue weighted by Gasteiger charge is 2.16. The van der Waals surface area contributed by atoms with E-state index in [0.717, 1.165) is 4.31 Å². The van der Waals surface area contributed by atoms with E-state index in [-0.39, 0.29) is 18.1 Å². The van der Waals surface area contributed by atoms with Crippen LogP contribution >= 0.6 is 0 Å². The molecular formula is C18H20N4O5S. The first-order valence-electron chi connectivity index (χ1n) is 8.38. The van der Waals surface area contributed by atoms with Gasteiger partial charge in [0.25, 0.3) is 0 Å². The van der Waals surface area contributed by atoms with Crippen LogP contribution in [-0.2, 0) is 21.8 Å². The molecule has 2 heterocycles. The standard InChI is InChI=1S/C18H20N4O5S/c1-21(2)28(24,25)15-6-4-14(5-7-15)26-8-9-27-18(23)13-10-16-17(19-11-13)22(3)12-20-16/h4-7,10-12H,8-9H2,1-3H3. The predicted molar refractivity (Wildman–Crippen MR) is 102 cm³/mol. The fraction of sp³-hybridized carbons (Fsp3) is 0.278. The Labute approximate surface area is 162 Å². The van der Waals surface area contributed by atoms with E-state index >= 15 is 0 Å². The summed E-state index contributed by atoms with van der Waals surface area (Å²) in [5.41, 5.74) is 1.60. The van der Waals surface area contributed by atoms with E-state index in [1.54, 1.807) is 29.1 Å². The molecule has 3 aromatic rings. The molecule has 10 heteroatoms. The van der Waals surface area contributed by atoms with Crippen LogP contribution in [0.25, 0.3) is 11.2 Å². The van der Waals surface area contributed by atoms with Gasteiger partial charge in [-0.2, -0.15) is 0 Å². The lowest BCUT2D eigenvalue weighted by molar-refractivity contribution is 0.0450. The van der Waals surface area contributed by atoms with Gasteiger partial charge in [-0.25, -0.2) is 27.5 Å². The van der Waals surface area contributed by atoms with Crippen LogP contribution in [0.1, 0.15) is 10.4 Å². The minimum absolute atomic E-state index is 0.0385. The maximum atomic E-state index is 12.1. The van der Waals surface area contributed by atoms with Crippen LogP contribution in [-0.4, -0.2) is 60.5 Å². The first kappa shape index (κ1) is 19.8. The normalized spacial score (nSPS) is 11.7. The van der Waals surface area contributed by atoms with E-state index in [1.165, 1.54) is 32.4 Å². The minimum atomic E-state index is -3.48. The number of fused-ring (bicyclic) bond motifs is 1. The van der Waals surface area contributed by atoms with E-state index in [9.17, 15) is 13.2 Å². The SMILES string of the molecule is CN(C)S(=O)(=O)c1ccc(OCCOC(=O)c2cnc3c(c2)ncn3C)cc1. The summed E-state index contributed by atoms with van der Waals surface area (Å²) in [6.45, 7) is 0.168. The van der Waals surface area contributed by atoms with E-state index in [1.807, 2.05) is 7.05 Å². The predicted octanol–water partition coefficient (Wildman–Crippen LogP) is 1.45. The van der Waals surface area contributed by atoms with Crippen molar-refractivity contribution in [3.05, 3.63) is 48.4 Å². The number of imidazole rings is 1. The number of rotatable bonds is 7. The van der Waals surface area contributed by atoms with Crippen molar-refractivity contribution in [1.82, 2.24) is 18.8 Å². The Balaban J connectivity index is 1.51. The molecule has 0 atom stereocenters. The molecule has 0 aliphatic carbocycles. The van der Waals surface area contributed by atoms with Crippen molar-refractivity contribution in [3.8, 4) is 5.75 Å². The second-order valence-electron chi connectivity index (χ2n) is 6.17. The molecule has 0 saturated carbocycles. The Bertz CT molecular complexity index is 1090. The average molecular weight is 404 g/mol. The lowest BCUT2D eigenvalue weighted by Gasteiger charge is -2.12. The summed E-state index contributed by atoms with van der Waals surface area (Å²) in [7, 11) is 1.28. The summed E-state index contributed by atoms with van der Waals surface area (Å²) < 4.78 is 37.6. The zero-order valence-electron chi connectivity index (χ0n) is 15.7. The first-order chi connectivity index (χ1) is 13.3. The third-order valence-corrected chi connectivity index (χ3v) is 5.80. The molecule has 3 rings (SSSR count). The molecule has 1 aromatic carbocycles. The van der Waals surface area contributed by atoms with Gasteiger partial charge in [0.15, 0.2) is 5.65 Å². The maximum Gasteiger partial charge on any atom is 0.339 e. The van der Waals surface area contributed by atoms with Crippen LogP contribution in [0.4, 0.5) is 0 Å². The van der Waals surface area contributed by atoms with E-state index in [0.29, 0.717) is 22.5 Å². The highest BCUT2D eigenvalue weighted by molar-refractivity contribution is 7.89. The summed E-state index contributed by atoms with van der Waals surface area (Å²) >= 11 is 0. The molecule has 0 unspecified atom stereocenters. The summed E-state index contributed by atoms with van der Waals surface area (Å²) in [6.07, 6.45) is 3.06. The lowest BCUT2D eigenvalue weighted by Crippen LogP contribution is -2.22. The van der Waals surface area contributed by atoms with Crippen molar-refractivity contribution < 1.29 is 22.7 Å². The number of aromatic nitrogens is 3. The molecule has 0 aliphatic heterocycles. The van der Waals surface area contributed by atoms with Crippen LogP contribution in [0, 0.1) is 0 Å². The number of ether oxygens (including phenoxy) is 2. The third kappa shape index (κ3) is 4.12. The molecule has 0 radical (unpaired) electrons. The number of hydrogen-bond acceptors (Lipinski definition) is 7. The molecule has 0 amide bonds. The molecule has 2 aromatic heterocycles. The van der Waals surface area contributed by atoms with Gasteiger partial charge in [-0.1, -0.05) is 0 Å². The third-order valence-electron chi connectivity index (χ3n) is 3.97. The number of benzene rings is 1. The van der Waals surface area contributed by atoms with Gasteiger partial charge >= 0.3 is 5.97 Å². The monoisotopic (exact) mass is 404 g/mol. The molecular weight excluding hydrogens is 384 g/mol. The fourth-order valence-electron chi connectivity index (χ4n) is 2.42. The Morgan fingerprint density at radius 1 is 1.14 bits per heavy atom. The number of pyridine rings is 1. The topological polar surface area (TPSA) is 104 Å². The van der Waals surface area contributed by atoms with Crippen molar-refractivity contribution in [2.75, 3.05) is 27.3 Å². The zero-order valence-corrected chi connectivity index (χ0v) is 16.5. The molecule has 28 heavy (non-hydrogen) atoms. The number of carbonyl (C=O) groups is 1. The second-order valence-corrected chi connectivity index (χ2v) is 8.32. The van der Waals surface area contributed by atoms with E-state index in [2.05, 4.69) is 9.97 Å². The molecule has 0 spiro atoms. The quantitative estimate of drug-likeness (QED) is 0.434. The average Bonchev–Trinajstić information content (AvgIpc) is 3.05. The Kier molecular flexibility index (Phi) is 5.61. The number of esters is 1. The summed E-state index contributed by atoms with van der Waals surface area (Å²) in [5.74, 6) is -0.0404. The van der Waals surface area contributed by atoms with Crippen LogP contribution in [0.5, 0.6) is 5.75 Å². The van der Waals surface area contributed by atoms with E-state index in [4.69, 9.17) is 9.47 Å². The Hall–Kier alpha value is -2.98. The van der Waals surface area contributed by atoms with Crippen LogP contribution in [0.3, 0.4) is 0 Å². The summed E-state index contributed by atoms with van der Waals surface area (Å²) in [4.78, 5) is 20.6. The van der Waals surface area contributed by atoms with Gasteiger partial charge in [-0.15, -0.1) is 0 Å². The summed E-state index contributed by atoms with van der Waals surface area (Å²) in [6, 6.07) is 7.65. The second kappa shape index (κ2) is 7.95. The van der Waals surface area contributed by atoms with Crippen molar-refractivity contribution in [2.45, 2.75) is 4.90 Å². The van der Waals surface area contributed by atoms with E-state index < -0.39 is 16.0 Å². The smallest absolute Gasteiger partial charge is 0.339 e. The molecule has 0 bridgehead atoms. The van der Waals surface area contributed by atoms with Gasteiger partial charge in [0.05, 0.1) is 16.8 Å².